The average Bonchev–Trinajstić information content (AvgIpc) is 3.30. The second kappa shape index (κ2) is 8.11. The Morgan fingerprint density at radius 1 is 1.21 bits per heavy atom. The van der Waals surface area contributed by atoms with E-state index in [-0.39, 0.29) is 53.1 Å². The summed E-state index contributed by atoms with van der Waals surface area (Å²) in [6.45, 7) is -0.217. The average molecular weight is 471 g/mol. The normalized spacial score (nSPS) is 21.2. The van der Waals surface area contributed by atoms with Crippen LogP contribution in [0.5, 0.6) is 0 Å². The first-order chi connectivity index (χ1) is 15.8. The number of hydrogen-bond donors (Lipinski definition) is 2. The van der Waals surface area contributed by atoms with E-state index >= 15 is 0 Å². The van der Waals surface area contributed by atoms with Gasteiger partial charge in [-0.05, 0) is 37.0 Å². The molecular weight excluding hydrogens is 451 g/mol. The fourth-order valence-electron chi connectivity index (χ4n) is 4.55. The monoisotopic (exact) mass is 470 g/mol. The fourth-order valence-corrected chi connectivity index (χ4v) is 4.74. The van der Waals surface area contributed by atoms with Crippen LogP contribution in [0.4, 0.5) is 4.39 Å². The number of halogens is 2. The van der Waals surface area contributed by atoms with Gasteiger partial charge in [-0.2, -0.15) is 5.10 Å². The molecule has 3 atom stereocenters. The topological polar surface area (TPSA) is 123 Å². The number of rotatable bonds is 6. The molecule has 11 heteroatoms. The smallest absolute Gasteiger partial charge is 0.269 e. The van der Waals surface area contributed by atoms with Crippen molar-refractivity contribution in [2.24, 2.45) is 11.7 Å². The molecule has 5 rings (SSSR count). The van der Waals surface area contributed by atoms with E-state index in [1.165, 1.54) is 16.9 Å². The second-order valence-electron chi connectivity index (χ2n) is 8.29. The Morgan fingerprint density at radius 3 is 2.82 bits per heavy atom. The number of likely N-dealkylation sites (tertiary alicyclic amines) is 1. The third kappa shape index (κ3) is 3.80. The number of piperidine rings is 1. The predicted octanol–water partition coefficient (Wildman–Crippen LogP) is 1.63. The van der Waals surface area contributed by atoms with Gasteiger partial charge in [-0.3, -0.25) is 14.4 Å². The van der Waals surface area contributed by atoms with Crippen LogP contribution < -0.4 is 11.1 Å². The minimum atomic E-state index is -0.715. The van der Waals surface area contributed by atoms with Crippen LogP contribution in [0.15, 0.2) is 36.5 Å². The number of nitrogens with one attached hydrogen (secondary N) is 1. The molecule has 0 bridgehead atoms. The summed E-state index contributed by atoms with van der Waals surface area (Å²) in [5.41, 5.74) is 6.08. The molecular formula is C22H20ClFN6O3. The van der Waals surface area contributed by atoms with Gasteiger partial charge in [0.15, 0.2) is 11.3 Å². The Morgan fingerprint density at radius 2 is 2.03 bits per heavy atom. The van der Waals surface area contributed by atoms with Crippen molar-refractivity contribution in [1.82, 2.24) is 25.0 Å². The van der Waals surface area contributed by atoms with Crippen LogP contribution in [0.25, 0.3) is 11.0 Å². The summed E-state index contributed by atoms with van der Waals surface area (Å²) >= 11 is 5.80. The zero-order valence-corrected chi connectivity index (χ0v) is 18.1. The van der Waals surface area contributed by atoms with Gasteiger partial charge in [0.2, 0.25) is 11.8 Å². The molecule has 2 aromatic heterocycles. The number of aromatic nitrogens is 3. The largest absolute Gasteiger partial charge is 0.364 e. The minimum absolute atomic E-state index is 0.0125. The molecule has 2 fully saturated rings. The van der Waals surface area contributed by atoms with Crippen LogP contribution in [-0.2, 0) is 22.7 Å². The standard InChI is InChI=1S/C22H20ClFN6O3/c23-14-5-1-3-11(18(14)24)9-27-22(33)16-8-12-7-15(12)30(16)17(31)10-29-21-13(4-2-6-26-21)19(28-29)20(25)32/h1-6,12,15-16H,7-10H2,(H2,25,32)(H,27,33)/t12?,15-,16+/m1/s1. The lowest BCUT2D eigenvalue weighted by atomic mass is 10.1. The third-order valence-corrected chi connectivity index (χ3v) is 6.50. The molecule has 2 aliphatic rings. The van der Waals surface area contributed by atoms with Gasteiger partial charge in [-0.15, -0.1) is 0 Å². The van der Waals surface area contributed by atoms with Gasteiger partial charge in [-0.1, -0.05) is 23.7 Å². The minimum Gasteiger partial charge on any atom is -0.364 e. The summed E-state index contributed by atoms with van der Waals surface area (Å²) in [6.07, 6.45) is 2.92. The van der Waals surface area contributed by atoms with E-state index in [4.69, 9.17) is 17.3 Å². The van der Waals surface area contributed by atoms with Gasteiger partial charge in [0.25, 0.3) is 5.91 Å². The van der Waals surface area contributed by atoms with Crippen molar-refractivity contribution in [2.75, 3.05) is 0 Å². The summed E-state index contributed by atoms with van der Waals surface area (Å²) in [5.74, 6) is -1.68. The number of pyridine rings is 1. The number of benzene rings is 1. The summed E-state index contributed by atoms with van der Waals surface area (Å²) in [4.78, 5) is 43.7. The van der Waals surface area contributed by atoms with Crippen molar-refractivity contribution in [3.05, 3.63) is 58.6 Å². The molecule has 1 aromatic carbocycles. The molecule has 0 spiro atoms. The van der Waals surface area contributed by atoms with E-state index in [1.807, 2.05) is 0 Å². The highest BCUT2D eigenvalue weighted by molar-refractivity contribution is 6.30. The van der Waals surface area contributed by atoms with E-state index in [1.54, 1.807) is 29.2 Å². The van der Waals surface area contributed by atoms with Crippen molar-refractivity contribution in [2.45, 2.75) is 38.0 Å². The first-order valence-electron chi connectivity index (χ1n) is 10.5. The van der Waals surface area contributed by atoms with Crippen LogP contribution in [0.3, 0.4) is 0 Å². The van der Waals surface area contributed by atoms with Crippen molar-refractivity contribution < 1.29 is 18.8 Å². The molecule has 33 heavy (non-hydrogen) atoms. The number of fused-ring (bicyclic) bond motifs is 2. The zero-order valence-electron chi connectivity index (χ0n) is 17.4. The number of primary amides is 1. The van der Waals surface area contributed by atoms with Crippen LogP contribution in [-0.4, -0.2) is 49.5 Å². The predicted molar refractivity (Wildman–Crippen MR) is 116 cm³/mol. The van der Waals surface area contributed by atoms with Gasteiger partial charge in [-0.25, -0.2) is 14.1 Å². The molecule has 1 aliphatic carbocycles. The van der Waals surface area contributed by atoms with Crippen molar-refractivity contribution >= 4 is 40.4 Å². The Hall–Kier alpha value is -3.53. The second-order valence-corrected chi connectivity index (χ2v) is 8.70. The van der Waals surface area contributed by atoms with Crippen molar-refractivity contribution in [3.8, 4) is 0 Å². The van der Waals surface area contributed by atoms with Crippen LogP contribution in [0.2, 0.25) is 5.02 Å². The first-order valence-corrected chi connectivity index (χ1v) is 10.9. The molecule has 170 valence electrons. The summed E-state index contributed by atoms with van der Waals surface area (Å²) < 4.78 is 15.5. The molecule has 0 radical (unpaired) electrons. The lowest BCUT2D eigenvalue weighted by Crippen LogP contribution is -2.48. The Labute approximate surface area is 192 Å². The van der Waals surface area contributed by atoms with Crippen LogP contribution in [0, 0.1) is 11.7 Å². The summed E-state index contributed by atoms with van der Waals surface area (Å²) in [5, 5.41) is 7.34. The molecule has 1 unspecified atom stereocenters. The maximum Gasteiger partial charge on any atom is 0.269 e. The number of carbonyl (C=O) groups excluding carboxylic acids is 3. The highest BCUT2D eigenvalue weighted by Gasteiger charge is 2.56. The first kappa shape index (κ1) is 21.3. The molecule has 3 heterocycles. The Bertz CT molecular complexity index is 1290. The van der Waals surface area contributed by atoms with E-state index in [0.717, 1.165) is 6.42 Å². The van der Waals surface area contributed by atoms with Gasteiger partial charge >= 0.3 is 0 Å². The number of hydrogen-bond acceptors (Lipinski definition) is 5. The van der Waals surface area contributed by atoms with Crippen LogP contribution >= 0.6 is 11.6 Å². The Balaban J connectivity index is 1.33. The molecule has 9 nitrogen and oxygen atoms in total. The highest BCUT2D eigenvalue weighted by atomic mass is 35.5. The quantitative estimate of drug-likeness (QED) is 0.566. The van der Waals surface area contributed by atoms with Gasteiger partial charge in [0.05, 0.1) is 10.4 Å². The number of amides is 3. The molecule has 1 saturated carbocycles. The lowest BCUT2D eigenvalue weighted by molar-refractivity contribution is -0.140. The lowest BCUT2D eigenvalue weighted by Gasteiger charge is -2.27. The number of carbonyl (C=O) groups is 3. The van der Waals surface area contributed by atoms with Gasteiger partial charge < -0.3 is 16.0 Å². The SMILES string of the molecule is NC(=O)c1nn(CC(=O)N2[C@@H]3CC3C[C@H]2C(=O)NCc2cccc(Cl)c2F)c2ncccc12. The fraction of sp³-hybridized carbons (Fsp3) is 0.318. The van der Waals surface area contributed by atoms with Crippen LogP contribution in [0.1, 0.15) is 28.9 Å². The van der Waals surface area contributed by atoms with Gasteiger partial charge in [0.1, 0.15) is 18.4 Å². The van der Waals surface area contributed by atoms with E-state index in [2.05, 4.69) is 15.4 Å². The van der Waals surface area contributed by atoms with E-state index in [0.29, 0.717) is 17.5 Å². The van der Waals surface area contributed by atoms with E-state index in [9.17, 15) is 18.8 Å². The Kier molecular flexibility index (Phi) is 5.24. The molecule has 1 aliphatic heterocycles. The third-order valence-electron chi connectivity index (χ3n) is 6.21. The maximum absolute atomic E-state index is 14.1. The van der Waals surface area contributed by atoms with E-state index < -0.39 is 17.8 Å². The zero-order chi connectivity index (χ0) is 23.3. The summed E-state index contributed by atoms with van der Waals surface area (Å²) in [6, 6.07) is 7.23. The molecule has 3 aromatic rings. The highest BCUT2D eigenvalue weighted by Crippen LogP contribution is 2.48. The molecule has 1 saturated heterocycles. The van der Waals surface area contributed by atoms with Gasteiger partial charge in [0, 0.05) is 24.3 Å². The molecule has 3 amide bonds. The number of nitrogens with zero attached hydrogens (tertiary/aromatic N) is 4. The number of nitrogens with two attached hydrogens (primary N) is 1. The molecule has 3 N–H and O–H groups in total. The summed E-state index contributed by atoms with van der Waals surface area (Å²) in [7, 11) is 0. The van der Waals surface area contributed by atoms with Crippen molar-refractivity contribution in [3.63, 3.8) is 0 Å². The maximum atomic E-state index is 14.1. The van der Waals surface area contributed by atoms with Crippen molar-refractivity contribution in [1.29, 1.82) is 0 Å².